The summed E-state index contributed by atoms with van der Waals surface area (Å²) in [5.74, 6) is 0.145. The monoisotopic (exact) mass is 318 g/mol. The lowest BCUT2D eigenvalue weighted by molar-refractivity contribution is -0.132. The van der Waals surface area contributed by atoms with Gasteiger partial charge >= 0.3 is 0 Å². The smallest absolute Gasteiger partial charge is 0.236 e. The maximum atomic E-state index is 12.5. The molecule has 2 rings (SSSR count). The zero-order valence-corrected chi connectivity index (χ0v) is 14.7. The fraction of sp³-hybridized carbons (Fsp3) is 0.632. The van der Waals surface area contributed by atoms with Crippen LogP contribution in [-0.4, -0.2) is 54.1 Å². The average Bonchev–Trinajstić information content (AvgIpc) is 2.55. The molecule has 4 nitrogen and oxygen atoms in total. The summed E-state index contributed by atoms with van der Waals surface area (Å²) in [6.07, 6.45) is 3.12. The minimum atomic E-state index is -0.0624. The summed E-state index contributed by atoms with van der Waals surface area (Å²) in [4.78, 5) is 16.4. The first kappa shape index (κ1) is 18.0. The minimum absolute atomic E-state index is 0.0624. The lowest BCUT2D eigenvalue weighted by Crippen LogP contribution is -2.47. The number of carbonyl (C=O) groups excluding carboxylic acids is 1. The van der Waals surface area contributed by atoms with Crippen LogP contribution in [0.25, 0.3) is 0 Å². The number of aryl methyl sites for hydroxylation is 1. The van der Waals surface area contributed by atoms with Gasteiger partial charge in [0, 0.05) is 32.2 Å². The van der Waals surface area contributed by atoms with Crippen LogP contribution < -0.4 is 0 Å². The first-order valence-corrected chi connectivity index (χ1v) is 8.61. The number of benzene rings is 1. The number of nitrogens with zero attached hydrogens (tertiary/aromatic N) is 2. The number of rotatable bonds is 6. The molecule has 1 saturated heterocycles. The van der Waals surface area contributed by atoms with Crippen LogP contribution in [-0.2, 0) is 17.8 Å². The van der Waals surface area contributed by atoms with E-state index in [9.17, 15) is 9.90 Å². The zero-order valence-electron chi connectivity index (χ0n) is 14.7. The highest BCUT2D eigenvalue weighted by Crippen LogP contribution is 2.28. The number of likely N-dealkylation sites (N-methyl/N-ethyl adjacent to an activating group) is 1. The van der Waals surface area contributed by atoms with Crippen molar-refractivity contribution in [2.75, 3.05) is 33.3 Å². The molecular formula is C19H30N2O2. The van der Waals surface area contributed by atoms with Gasteiger partial charge in [-0.05, 0) is 36.9 Å². The topological polar surface area (TPSA) is 43.8 Å². The zero-order chi connectivity index (χ0) is 16.9. The molecule has 0 saturated carbocycles. The first-order chi connectivity index (χ1) is 11.0. The number of aliphatic hydroxyl groups excluding tert-OH is 1. The highest BCUT2D eigenvalue weighted by Gasteiger charge is 2.31. The van der Waals surface area contributed by atoms with E-state index in [1.165, 1.54) is 5.56 Å². The van der Waals surface area contributed by atoms with Gasteiger partial charge in [-0.15, -0.1) is 0 Å². The van der Waals surface area contributed by atoms with Gasteiger partial charge in [-0.3, -0.25) is 9.69 Å². The molecule has 0 aromatic heterocycles. The molecule has 0 bridgehead atoms. The van der Waals surface area contributed by atoms with Gasteiger partial charge in [0.05, 0.1) is 6.54 Å². The quantitative estimate of drug-likeness (QED) is 0.875. The van der Waals surface area contributed by atoms with Crippen molar-refractivity contribution in [3.8, 4) is 0 Å². The second kappa shape index (κ2) is 7.93. The van der Waals surface area contributed by atoms with Crippen molar-refractivity contribution in [3.63, 3.8) is 0 Å². The summed E-state index contributed by atoms with van der Waals surface area (Å²) in [5.41, 5.74) is 2.42. The van der Waals surface area contributed by atoms with E-state index in [1.54, 1.807) is 4.90 Å². The molecule has 1 N–H and O–H groups in total. The fourth-order valence-corrected chi connectivity index (χ4v) is 3.25. The Bertz CT molecular complexity index is 515. The minimum Gasteiger partial charge on any atom is -0.396 e. The van der Waals surface area contributed by atoms with Crippen molar-refractivity contribution >= 4 is 5.91 Å². The van der Waals surface area contributed by atoms with Gasteiger partial charge in [-0.25, -0.2) is 0 Å². The molecule has 1 fully saturated rings. The van der Waals surface area contributed by atoms with Gasteiger partial charge in [0.25, 0.3) is 0 Å². The van der Waals surface area contributed by atoms with Crippen molar-refractivity contribution in [1.29, 1.82) is 0 Å². The molecule has 1 heterocycles. The number of hydrogen-bond donors (Lipinski definition) is 1. The second-order valence-corrected chi connectivity index (χ2v) is 7.20. The Balaban J connectivity index is 1.86. The molecule has 1 aromatic rings. The van der Waals surface area contributed by atoms with Crippen LogP contribution in [0, 0.1) is 5.41 Å². The molecule has 1 aliphatic rings. The molecule has 128 valence electrons. The predicted molar refractivity (Wildman–Crippen MR) is 93.2 cm³/mol. The van der Waals surface area contributed by atoms with Crippen LogP contribution in [0.2, 0.25) is 0 Å². The number of amides is 1. The molecule has 0 spiro atoms. The number of piperidine rings is 1. The third-order valence-electron chi connectivity index (χ3n) is 4.88. The summed E-state index contributed by atoms with van der Waals surface area (Å²) in [6.45, 7) is 7.27. The van der Waals surface area contributed by atoms with E-state index in [2.05, 4.69) is 43.0 Å². The molecule has 1 unspecified atom stereocenters. The molecule has 0 aliphatic carbocycles. The van der Waals surface area contributed by atoms with Crippen molar-refractivity contribution < 1.29 is 9.90 Å². The Morgan fingerprint density at radius 1 is 1.30 bits per heavy atom. The first-order valence-electron chi connectivity index (χ1n) is 8.61. The standard InChI is InChI=1S/C19H30N2O2/c1-4-16-6-8-17(9-7-16)12-20(3)18(23)13-21-11-5-10-19(2,14-21)15-22/h6-9,22H,4-5,10-15H2,1-3H3. The summed E-state index contributed by atoms with van der Waals surface area (Å²) < 4.78 is 0. The predicted octanol–water partition coefficient (Wildman–Crippen LogP) is 2.30. The van der Waals surface area contributed by atoms with Gasteiger partial charge < -0.3 is 10.0 Å². The maximum absolute atomic E-state index is 12.5. The molecule has 1 aromatic carbocycles. The highest BCUT2D eigenvalue weighted by molar-refractivity contribution is 5.78. The van der Waals surface area contributed by atoms with Gasteiger partial charge in [-0.1, -0.05) is 38.1 Å². The fourth-order valence-electron chi connectivity index (χ4n) is 3.25. The van der Waals surface area contributed by atoms with E-state index in [4.69, 9.17) is 0 Å². The lowest BCUT2D eigenvalue weighted by Gasteiger charge is -2.39. The summed E-state index contributed by atoms with van der Waals surface area (Å²) in [6, 6.07) is 8.47. The largest absolute Gasteiger partial charge is 0.396 e. The second-order valence-electron chi connectivity index (χ2n) is 7.20. The Morgan fingerprint density at radius 3 is 2.57 bits per heavy atom. The molecular weight excluding hydrogens is 288 g/mol. The molecule has 4 heteroatoms. The Hall–Kier alpha value is -1.39. The number of likely N-dealkylation sites (tertiary alicyclic amines) is 1. The number of aliphatic hydroxyl groups is 1. The number of carbonyl (C=O) groups is 1. The average molecular weight is 318 g/mol. The summed E-state index contributed by atoms with van der Waals surface area (Å²) >= 11 is 0. The van der Waals surface area contributed by atoms with Crippen molar-refractivity contribution in [2.24, 2.45) is 5.41 Å². The third-order valence-corrected chi connectivity index (χ3v) is 4.88. The molecule has 0 radical (unpaired) electrons. The van der Waals surface area contributed by atoms with Gasteiger partial charge in [-0.2, -0.15) is 0 Å². The van der Waals surface area contributed by atoms with Crippen molar-refractivity contribution in [3.05, 3.63) is 35.4 Å². The van der Waals surface area contributed by atoms with Crippen LogP contribution in [0.5, 0.6) is 0 Å². The van der Waals surface area contributed by atoms with E-state index >= 15 is 0 Å². The van der Waals surface area contributed by atoms with Crippen LogP contribution in [0.15, 0.2) is 24.3 Å². The van der Waals surface area contributed by atoms with Crippen molar-refractivity contribution in [1.82, 2.24) is 9.80 Å². The van der Waals surface area contributed by atoms with Gasteiger partial charge in [0.1, 0.15) is 0 Å². The molecule has 23 heavy (non-hydrogen) atoms. The summed E-state index contributed by atoms with van der Waals surface area (Å²) in [7, 11) is 1.87. The van der Waals surface area contributed by atoms with Crippen LogP contribution >= 0.6 is 0 Å². The van der Waals surface area contributed by atoms with Gasteiger partial charge in [0.15, 0.2) is 0 Å². The molecule has 1 atom stereocenters. The SMILES string of the molecule is CCc1ccc(CN(C)C(=O)CN2CCCC(C)(CO)C2)cc1. The summed E-state index contributed by atoms with van der Waals surface area (Å²) in [5, 5.41) is 9.53. The van der Waals surface area contributed by atoms with E-state index in [0.29, 0.717) is 13.1 Å². The van der Waals surface area contributed by atoms with E-state index in [1.807, 2.05) is 7.05 Å². The Kier molecular flexibility index (Phi) is 6.19. The Labute approximate surface area is 140 Å². The van der Waals surface area contributed by atoms with Crippen LogP contribution in [0.4, 0.5) is 0 Å². The third kappa shape index (κ3) is 5.05. The Morgan fingerprint density at radius 2 is 1.96 bits per heavy atom. The van der Waals surface area contributed by atoms with Crippen LogP contribution in [0.1, 0.15) is 37.8 Å². The lowest BCUT2D eigenvalue weighted by atomic mass is 9.83. The number of hydrogen-bond acceptors (Lipinski definition) is 3. The highest BCUT2D eigenvalue weighted by atomic mass is 16.3. The van der Waals surface area contributed by atoms with Crippen LogP contribution in [0.3, 0.4) is 0 Å². The molecule has 1 amide bonds. The molecule has 1 aliphatic heterocycles. The van der Waals surface area contributed by atoms with E-state index in [-0.39, 0.29) is 17.9 Å². The maximum Gasteiger partial charge on any atom is 0.236 e. The normalized spacial score (nSPS) is 22.1. The van der Waals surface area contributed by atoms with Gasteiger partial charge in [0.2, 0.25) is 5.91 Å². The van der Waals surface area contributed by atoms with E-state index < -0.39 is 0 Å². The van der Waals surface area contributed by atoms with Crippen molar-refractivity contribution in [2.45, 2.75) is 39.7 Å². The van der Waals surface area contributed by atoms with E-state index in [0.717, 1.165) is 37.9 Å².